The van der Waals surface area contributed by atoms with Gasteiger partial charge in [-0.25, -0.2) is 13.8 Å². The van der Waals surface area contributed by atoms with E-state index in [0.717, 1.165) is 4.31 Å². The van der Waals surface area contributed by atoms with Gasteiger partial charge in [-0.1, -0.05) is 41.9 Å². The van der Waals surface area contributed by atoms with Gasteiger partial charge >= 0.3 is 0 Å². The predicted molar refractivity (Wildman–Crippen MR) is 121 cm³/mol. The largest absolute Gasteiger partial charge is 0.271 e. The predicted octanol–water partition coefficient (Wildman–Crippen LogP) is 3.59. The normalized spacial score (nSPS) is 11.3. The van der Waals surface area contributed by atoms with E-state index in [1.165, 1.54) is 60.8 Å². The highest BCUT2D eigenvalue weighted by Gasteiger charge is 2.27. The summed E-state index contributed by atoms with van der Waals surface area (Å²) in [6, 6.07) is 19.4. The number of carbonyl (C=O) groups is 1. The molecule has 0 heterocycles. The van der Waals surface area contributed by atoms with Gasteiger partial charge in [-0.2, -0.15) is 5.10 Å². The third-order valence-corrected chi connectivity index (χ3v) is 6.26. The molecule has 9 nitrogen and oxygen atoms in total. The van der Waals surface area contributed by atoms with Crippen molar-refractivity contribution in [2.45, 2.75) is 4.90 Å². The summed E-state index contributed by atoms with van der Waals surface area (Å²) in [4.78, 5) is 22.8. The van der Waals surface area contributed by atoms with E-state index in [-0.39, 0.29) is 16.3 Å². The Morgan fingerprint density at radius 1 is 1.06 bits per heavy atom. The quantitative estimate of drug-likeness (QED) is 0.305. The molecule has 0 spiro atoms. The molecule has 1 amide bonds. The number of halogens is 1. The maximum atomic E-state index is 13.2. The first-order valence-corrected chi connectivity index (χ1v) is 11.0. The van der Waals surface area contributed by atoms with Crippen molar-refractivity contribution in [1.82, 2.24) is 5.43 Å². The van der Waals surface area contributed by atoms with Crippen LogP contribution in [0.3, 0.4) is 0 Å². The van der Waals surface area contributed by atoms with Gasteiger partial charge in [0.05, 0.1) is 21.7 Å². The van der Waals surface area contributed by atoms with Gasteiger partial charge in [-0.05, 0) is 36.4 Å². The Balaban J connectivity index is 1.80. The molecule has 0 bridgehead atoms. The maximum Gasteiger partial charge on any atom is 0.270 e. The van der Waals surface area contributed by atoms with Crippen molar-refractivity contribution in [3.05, 3.63) is 99.6 Å². The molecule has 3 aromatic carbocycles. The van der Waals surface area contributed by atoms with Gasteiger partial charge in [-0.15, -0.1) is 0 Å². The average molecular weight is 473 g/mol. The first-order chi connectivity index (χ1) is 15.3. The number of nitro groups is 1. The molecule has 0 aliphatic carbocycles. The van der Waals surface area contributed by atoms with Crippen molar-refractivity contribution >= 4 is 45.1 Å². The van der Waals surface area contributed by atoms with Gasteiger partial charge in [0, 0.05) is 22.7 Å². The Bertz CT molecular complexity index is 1250. The zero-order valence-electron chi connectivity index (χ0n) is 16.5. The highest BCUT2D eigenvalue weighted by atomic mass is 35.5. The van der Waals surface area contributed by atoms with Gasteiger partial charge < -0.3 is 0 Å². The Morgan fingerprint density at radius 3 is 2.41 bits per heavy atom. The Morgan fingerprint density at radius 2 is 1.75 bits per heavy atom. The lowest BCUT2D eigenvalue weighted by atomic mass is 10.2. The number of non-ortho nitro benzene ring substituents is 1. The topological polar surface area (TPSA) is 122 Å². The summed E-state index contributed by atoms with van der Waals surface area (Å²) in [5, 5.41) is 15.0. The second-order valence-electron chi connectivity index (χ2n) is 6.45. The maximum absolute atomic E-state index is 13.2. The number of benzene rings is 3. The first kappa shape index (κ1) is 22.9. The van der Waals surface area contributed by atoms with Crippen LogP contribution in [-0.2, 0) is 14.8 Å². The Hall–Kier alpha value is -3.76. The minimum atomic E-state index is -4.05. The number of hydrogen-bond donors (Lipinski definition) is 1. The zero-order valence-corrected chi connectivity index (χ0v) is 18.0. The summed E-state index contributed by atoms with van der Waals surface area (Å²) in [5.41, 5.74) is 2.76. The molecule has 0 saturated heterocycles. The van der Waals surface area contributed by atoms with Crippen LogP contribution >= 0.6 is 11.6 Å². The minimum absolute atomic E-state index is 0.0165. The summed E-state index contributed by atoms with van der Waals surface area (Å²) < 4.78 is 27.3. The van der Waals surface area contributed by atoms with Gasteiger partial charge in [0.25, 0.3) is 21.6 Å². The van der Waals surface area contributed by atoms with Crippen molar-refractivity contribution in [2.24, 2.45) is 5.10 Å². The molecular formula is C21H17ClN4O5S. The fourth-order valence-electron chi connectivity index (χ4n) is 2.71. The summed E-state index contributed by atoms with van der Waals surface area (Å²) in [6.45, 7) is -0.550. The summed E-state index contributed by atoms with van der Waals surface area (Å²) in [5.74, 6) is -0.707. The van der Waals surface area contributed by atoms with Crippen molar-refractivity contribution in [1.29, 1.82) is 0 Å². The van der Waals surface area contributed by atoms with E-state index in [1.54, 1.807) is 24.3 Å². The number of hydrogen-bond acceptors (Lipinski definition) is 6. The summed E-state index contributed by atoms with van der Waals surface area (Å²) >= 11 is 5.90. The Kier molecular flexibility index (Phi) is 7.18. The van der Waals surface area contributed by atoms with Crippen LogP contribution in [0.15, 0.2) is 88.9 Å². The number of sulfonamides is 1. The molecule has 0 aliphatic rings. The molecule has 0 saturated carbocycles. The summed E-state index contributed by atoms with van der Waals surface area (Å²) in [6.07, 6.45) is 1.23. The van der Waals surface area contributed by atoms with Crippen LogP contribution in [0, 0.1) is 10.1 Å². The lowest BCUT2D eigenvalue weighted by Crippen LogP contribution is -2.39. The molecule has 0 fully saturated rings. The first-order valence-electron chi connectivity index (χ1n) is 9.17. The van der Waals surface area contributed by atoms with Crippen molar-refractivity contribution in [2.75, 3.05) is 10.8 Å². The number of nitrogens with zero attached hydrogens (tertiary/aromatic N) is 3. The molecule has 0 aromatic heterocycles. The lowest BCUT2D eigenvalue weighted by Gasteiger charge is -2.23. The van der Waals surface area contributed by atoms with Crippen molar-refractivity contribution < 1.29 is 18.1 Å². The van der Waals surface area contributed by atoms with E-state index >= 15 is 0 Å². The molecule has 32 heavy (non-hydrogen) atoms. The molecule has 0 atom stereocenters. The number of hydrazone groups is 1. The van der Waals surface area contributed by atoms with Gasteiger partial charge in [0.15, 0.2) is 0 Å². The molecule has 0 radical (unpaired) electrons. The molecule has 0 unspecified atom stereocenters. The highest BCUT2D eigenvalue weighted by Crippen LogP contribution is 2.25. The standard InChI is InChI=1S/C21H17ClN4O5S/c22-17-9-11-18(12-10-17)25(32(30,31)20-7-2-1-3-8-20)15-21(27)24-23-14-16-5-4-6-19(13-16)26(28)29/h1-14H,15H2,(H,24,27)/b23-14-. The summed E-state index contributed by atoms with van der Waals surface area (Å²) in [7, 11) is -4.05. The van der Waals surface area contributed by atoms with Crippen LogP contribution in [0.5, 0.6) is 0 Å². The monoisotopic (exact) mass is 472 g/mol. The van der Waals surface area contributed by atoms with Gasteiger partial charge in [0.1, 0.15) is 6.54 Å². The van der Waals surface area contributed by atoms with Gasteiger partial charge in [-0.3, -0.25) is 19.2 Å². The third kappa shape index (κ3) is 5.68. The second kappa shape index (κ2) is 10.0. The number of anilines is 1. The van der Waals surface area contributed by atoms with Gasteiger partial charge in [0.2, 0.25) is 0 Å². The second-order valence-corrected chi connectivity index (χ2v) is 8.75. The third-order valence-electron chi connectivity index (χ3n) is 4.22. The van der Waals surface area contributed by atoms with Crippen LogP contribution in [0.25, 0.3) is 0 Å². The van der Waals surface area contributed by atoms with E-state index in [1.807, 2.05) is 0 Å². The SMILES string of the molecule is O=C(CN(c1ccc(Cl)cc1)S(=O)(=O)c1ccccc1)N/N=C\c1cccc([N+](=O)[O-])c1. The van der Waals surface area contributed by atoms with E-state index in [2.05, 4.69) is 10.5 Å². The fourth-order valence-corrected chi connectivity index (χ4v) is 4.27. The Labute approximate surface area is 189 Å². The number of amides is 1. The van der Waals surface area contributed by atoms with Crippen LogP contribution in [0.2, 0.25) is 5.02 Å². The van der Waals surface area contributed by atoms with Crippen LogP contribution in [0.1, 0.15) is 5.56 Å². The fraction of sp³-hybridized carbons (Fsp3) is 0.0476. The number of nitro benzene ring substituents is 1. The molecule has 0 aliphatic heterocycles. The molecule has 3 rings (SSSR count). The molecule has 3 aromatic rings. The smallest absolute Gasteiger partial charge is 0.270 e. The van der Waals surface area contributed by atoms with E-state index in [9.17, 15) is 23.3 Å². The minimum Gasteiger partial charge on any atom is -0.271 e. The molecule has 1 N–H and O–H groups in total. The van der Waals surface area contributed by atoms with E-state index < -0.39 is 27.4 Å². The molecular weight excluding hydrogens is 456 g/mol. The number of rotatable bonds is 8. The molecule has 11 heteroatoms. The van der Waals surface area contributed by atoms with Crippen molar-refractivity contribution in [3.63, 3.8) is 0 Å². The average Bonchev–Trinajstić information content (AvgIpc) is 2.79. The van der Waals surface area contributed by atoms with E-state index in [4.69, 9.17) is 11.6 Å². The van der Waals surface area contributed by atoms with Crippen LogP contribution in [0.4, 0.5) is 11.4 Å². The zero-order chi connectivity index (χ0) is 23.1. The number of nitrogens with one attached hydrogen (secondary N) is 1. The number of carbonyl (C=O) groups excluding carboxylic acids is 1. The molecule has 164 valence electrons. The highest BCUT2D eigenvalue weighted by molar-refractivity contribution is 7.92. The van der Waals surface area contributed by atoms with Crippen molar-refractivity contribution in [3.8, 4) is 0 Å². The van der Waals surface area contributed by atoms with E-state index in [0.29, 0.717) is 10.6 Å². The lowest BCUT2D eigenvalue weighted by molar-refractivity contribution is -0.384. The van der Waals surface area contributed by atoms with Crippen LogP contribution in [-0.4, -0.2) is 32.0 Å². The van der Waals surface area contributed by atoms with Crippen LogP contribution < -0.4 is 9.73 Å².